The lowest BCUT2D eigenvalue weighted by atomic mass is 10.0. The standard InChI is InChI=1S/C19H23NO2/c1-5-15-10-8-12-18(16(15)6-2)22-19(21)20-17-11-7-9-13(3)14(17)4/h7-12H,5-6H2,1-4H3,(H,20,21). The molecule has 0 bridgehead atoms. The summed E-state index contributed by atoms with van der Waals surface area (Å²) in [5.41, 5.74) is 5.30. The number of anilines is 1. The van der Waals surface area contributed by atoms with Gasteiger partial charge in [-0.1, -0.05) is 38.1 Å². The Morgan fingerprint density at radius 1 is 1.05 bits per heavy atom. The van der Waals surface area contributed by atoms with Gasteiger partial charge in [-0.3, -0.25) is 5.32 Å². The van der Waals surface area contributed by atoms with Crippen LogP contribution in [-0.2, 0) is 12.8 Å². The van der Waals surface area contributed by atoms with Crippen LogP contribution < -0.4 is 10.1 Å². The summed E-state index contributed by atoms with van der Waals surface area (Å²) in [5, 5.41) is 2.83. The van der Waals surface area contributed by atoms with Gasteiger partial charge in [-0.15, -0.1) is 0 Å². The fourth-order valence-corrected chi connectivity index (χ4v) is 2.56. The molecule has 0 heterocycles. The molecule has 2 aromatic carbocycles. The zero-order chi connectivity index (χ0) is 16.1. The Morgan fingerprint density at radius 3 is 2.45 bits per heavy atom. The maximum atomic E-state index is 12.2. The summed E-state index contributed by atoms with van der Waals surface area (Å²) in [6.07, 6.45) is 1.33. The molecule has 2 aromatic rings. The minimum atomic E-state index is -0.448. The zero-order valence-electron chi connectivity index (χ0n) is 13.7. The average Bonchev–Trinajstić information content (AvgIpc) is 2.51. The van der Waals surface area contributed by atoms with Gasteiger partial charge >= 0.3 is 6.09 Å². The molecule has 116 valence electrons. The van der Waals surface area contributed by atoms with E-state index in [-0.39, 0.29) is 0 Å². The first-order valence-electron chi connectivity index (χ1n) is 7.72. The molecule has 0 radical (unpaired) electrons. The summed E-state index contributed by atoms with van der Waals surface area (Å²) in [6.45, 7) is 8.18. The van der Waals surface area contributed by atoms with E-state index in [9.17, 15) is 4.79 Å². The van der Waals surface area contributed by atoms with Gasteiger partial charge in [0.15, 0.2) is 0 Å². The number of amides is 1. The van der Waals surface area contributed by atoms with Gasteiger partial charge in [0.1, 0.15) is 5.75 Å². The zero-order valence-corrected chi connectivity index (χ0v) is 13.7. The Kier molecular flexibility index (Phi) is 5.21. The smallest absolute Gasteiger partial charge is 0.410 e. The van der Waals surface area contributed by atoms with Crippen molar-refractivity contribution in [2.24, 2.45) is 0 Å². The van der Waals surface area contributed by atoms with Crippen LogP contribution in [-0.4, -0.2) is 6.09 Å². The fraction of sp³-hybridized carbons (Fsp3) is 0.316. The van der Waals surface area contributed by atoms with Crippen LogP contribution in [0.4, 0.5) is 10.5 Å². The highest BCUT2D eigenvalue weighted by molar-refractivity contribution is 5.87. The summed E-state index contributed by atoms with van der Waals surface area (Å²) in [7, 11) is 0. The second kappa shape index (κ2) is 7.12. The van der Waals surface area contributed by atoms with E-state index in [2.05, 4.69) is 25.2 Å². The summed E-state index contributed by atoms with van der Waals surface area (Å²) >= 11 is 0. The highest BCUT2D eigenvalue weighted by Crippen LogP contribution is 2.25. The van der Waals surface area contributed by atoms with Crippen LogP contribution in [0.2, 0.25) is 0 Å². The quantitative estimate of drug-likeness (QED) is 0.858. The lowest BCUT2D eigenvalue weighted by Crippen LogP contribution is -2.18. The Bertz CT molecular complexity index is 677. The van der Waals surface area contributed by atoms with E-state index in [1.54, 1.807) is 0 Å². The summed E-state index contributed by atoms with van der Waals surface area (Å²) in [4.78, 5) is 12.2. The maximum Gasteiger partial charge on any atom is 0.417 e. The van der Waals surface area contributed by atoms with Gasteiger partial charge in [0.05, 0.1) is 0 Å². The molecule has 0 saturated carbocycles. The lowest BCUT2D eigenvalue weighted by Gasteiger charge is -2.14. The largest absolute Gasteiger partial charge is 0.417 e. The minimum Gasteiger partial charge on any atom is -0.410 e. The third-order valence-corrected chi connectivity index (χ3v) is 4.01. The average molecular weight is 297 g/mol. The molecule has 0 unspecified atom stereocenters. The van der Waals surface area contributed by atoms with Crippen LogP contribution in [0.15, 0.2) is 36.4 Å². The molecule has 0 aliphatic rings. The number of benzene rings is 2. The Labute approximate surface area is 132 Å². The van der Waals surface area contributed by atoms with Crippen LogP contribution in [0.25, 0.3) is 0 Å². The van der Waals surface area contributed by atoms with Gasteiger partial charge in [-0.25, -0.2) is 4.79 Å². The van der Waals surface area contributed by atoms with E-state index in [1.807, 2.05) is 44.2 Å². The van der Waals surface area contributed by atoms with Crippen molar-refractivity contribution in [1.82, 2.24) is 0 Å². The van der Waals surface area contributed by atoms with Crippen LogP contribution in [0, 0.1) is 13.8 Å². The molecule has 1 amide bonds. The minimum absolute atomic E-state index is 0.448. The van der Waals surface area contributed by atoms with E-state index in [4.69, 9.17) is 4.74 Å². The van der Waals surface area contributed by atoms with Crippen molar-refractivity contribution in [1.29, 1.82) is 0 Å². The van der Waals surface area contributed by atoms with Gasteiger partial charge in [-0.2, -0.15) is 0 Å². The number of aryl methyl sites for hydroxylation is 2. The number of hydrogen-bond acceptors (Lipinski definition) is 2. The fourth-order valence-electron chi connectivity index (χ4n) is 2.56. The molecule has 0 saturated heterocycles. The first-order chi connectivity index (χ1) is 10.6. The number of nitrogens with one attached hydrogen (secondary N) is 1. The number of hydrogen-bond donors (Lipinski definition) is 1. The Hall–Kier alpha value is -2.29. The molecule has 0 aliphatic carbocycles. The van der Waals surface area contributed by atoms with E-state index in [0.29, 0.717) is 5.75 Å². The van der Waals surface area contributed by atoms with Crippen molar-refractivity contribution in [2.45, 2.75) is 40.5 Å². The molecule has 0 fully saturated rings. The van der Waals surface area contributed by atoms with Crippen molar-refractivity contribution in [3.63, 3.8) is 0 Å². The molecule has 0 atom stereocenters. The third kappa shape index (κ3) is 3.48. The second-order valence-electron chi connectivity index (χ2n) is 5.36. The van der Waals surface area contributed by atoms with Crippen molar-refractivity contribution >= 4 is 11.8 Å². The Balaban J connectivity index is 2.17. The number of rotatable bonds is 4. The molecule has 0 spiro atoms. The highest BCUT2D eigenvalue weighted by Gasteiger charge is 2.12. The second-order valence-corrected chi connectivity index (χ2v) is 5.36. The topological polar surface area (TPSA) is 38.3 Å². The third-order valence-electron chi connectivity index (χ3n) is 4.01. The molecule has 0 aromatic heterocycles. The lowest BCUT2D eigenvalue weighted by molar-refractivity contribution is 0.214. The molecule has 3 nitrogen and oxygen atoms in total. The maximum absolute atomic E-state index is 12.2. The van der Waals surface area contributed by atoms with Crippen molar-refractivity contribution in [3.8, 4) is 5.75 Å². The van der Waals surface area contributed by atoms with E-state index < -0.39 is 6.09 Å². The van der Waals surface area contributed by atoms with Crippen LogP contribution in [0.5, 0.6) is 5.75 Å². The molecule has 2 rings (SSSR count). The molecule has 0 aliphatic heterocycles. The van der Waals surface area contributed by atoms with E-state index in [1.165, 1.54) is 5.56 Å². The molecule has 1 N–H and O–H groups in total. The molecular formula is C19H23NO2. The van der Waals surface area contributed by atoms with Gasteiger partial charge < -0.3 is 4.74 Å². The predicted octanol–water partition coefficient (Wildman–Crippen LogP) is 5.04. The molecular weight excluding hydrogens is 274 g/mol. The Morgan fingerprint density at radius 2 is 1.77 bits per heavy atom. The summed E-state index contributed by atoms with van der Waals surface area (Å²) in [6, 6.07) is 11.7. The van der Waals surface area contributed by atoms with Crippen molar-refractivity contribution in [2.75, 3.05) is 5.32 Å². The monoisotopic (exact) mass is 297 g/mol. The highest BCUT2D eigenvalue weighted by atomic mass is 16.6. The van der Waals surface area contributed by atoms with Gasteiger partial charge in [0.25, 0.3) is 0 Å². The normalized spacial score (nSPS) is 10.4. The predicted molar refractivity (Wildman–Crippen MR) is 90.8 cm³/mol. The number of ether oxygens (including phenoxy) is 1. The van der Waals surface area contributed by atoms with Crippen molar-refractivity contribution in [3.05, 3.63) is 58.7 Å². The van der Waals surface area contributed by atoms with E-state index >= 15 is 0 Å². The summed E-state index contributed by atoms with van der Waals surface area (Å²) in [5.74, 6) is 0.643. The van der Waals surface area contributed by atoms with E-state index in [0.717, 1.165) is 35.2 Å². The van der Waals surface area contributed by atoms with Gasteiger partial charge in [0.2, 0.25) is 0 Å². The van der Waals surface area contributed by atoms with Crippen LogP contribution >= 0.6 is 0 Å². The molecule has 22 heavy (non-hydrogen) atoms. The first-order valence-corrected chi connectivity index (χ1v) is 7.72. The molecule has 3 heteroatoms. The van der Waals surface area contributed by atoms with Crippen LogP contribution in [0.1, 0.15) is 36.1 Å². The van der Waals surface area contributed by atoms with Crippen molar-refractivity contribution < 1.29 is 9.53 Å². The van der Waals surface area contributed by atoms with Crippen LogP contribution in [0.3, 0.4) is 0 Å². The number of carbonyl (C=O) groups is 1. The van der Waals surface area contributed by atoms with Gasteiger partial charge in [0, 0.05) is 5.69 Å². The first kappa shape index (κ1) is 16.1. The number of carbonyl (C=O) groups excluding carboxylic acids is 1. The van der Waals surface area contributed by atoms with Gasteiger partial charge in [-0.05, 0) is 61.1 Å². The summed E-state index contributed by atoms with van der Waals surface area (Å²) < 4.78 is 5.53. The SMILES string of the molecule is CCc1cccc(OC(=O)Nc2cccc(C)c2C)c1CC.